The van der Waals surface area contributed by atoms with Gasteiger partial charge < -0.3 is 17.5 Å². The Bertz CT molecular complexity index is 554. The van der Waals surface area contributed by atoms with Crippen LogP contribution in [0.1, 0.15) is 0 Å². The molecule has 1 aliphatic rings. The van der Waals surface area contributed by atoms with Crippen LogP contribution < -0.4 is 9.91 Å². The van der Waals surface area contributed by atoms with Gasteiger partial charge in [-0.1, -0.05) is 36.4 Å². The molecule has 2 aromatic carbocycles. The van der Waals surface area contributed by atoms with Crippen molar-refractivity contribution in [2.45, 2.75) is 0 Å². The highest BCUT2D eigenvalue weighted by atomic mass is 32.1. The van der Waals surface area contributed by atoms with Crippen molar-refractivity contribution in [3.05, 3.63) is 60.7 Å². The molecule has 0 amide bonds. The van der Waals surface area contributed by atoms with E-state index in [1.54, 1.807) is 0 Å². The molecule has 0 radical (unpaired) electrons. The average Bonchev–Trinajstić information content (AvgIpc) is 2.83. The zero-order chi connectivity index (χ0) is 12.4. The van der Waals surface area contributed by atoms with E-state index in [0.29, 0.717) is 11.8 Å². The van der Waals surface area contributed by atoms with E-state index in [1.165, 1.54) is 0 Å². The van der Waals surface area contributed by atoms with Crippen molar-refractivity contribution in [3.63, 3.8) is 0 Å². The number of hydrogen-bond donors (Lipinski definition) is 0. The molecule has 0 N–H and O–H groups in total. The molecule has 3 rings (SSSR count). The van der Waals surface area contributed by atoms with Crippen molar-refractivity contribution in [2.24, 2.45) is 5.10 Å². The fourth-order valence-corrected chi connectivity index (χ4v) is 2.18. The fourth-order valence-electron chi connectivity index (χ4n) is 1.92. The van der Waals surface area contributed by atoms with Gasteiger partial charge in [-0.25, -0.2) is 5.01 Å². The van der Waals surface area contributed by atoms with Crippen LogP contribution in [-0.4, -0.2) is 11.8 Å². The number of benzene rings is 2. The van der Waals surface area contributed by atoms with Gasteiger partial charge in [-0.05, 0) is 24.3 Å². The summed E-state index contributed by atoms with van der Waals surface area (Å²) in [5.41, 5.74) is 2.13. The normalized spacial score (nSPS) is 14.8. The van der Waals surface area contributed by atoms with Gasteiger partial charge in [0.05, 0.1) is 5.69 Å². The van der Waals surface area contributed by atoms with E-state index in [4.69, 9.17) is 12.6 Å². The molecule has 0 saturated heterocycles. The number of amidine groups is 1. The molecule has 18 heavy (non-hydrogen) atoms. The first kappa shape index (κ1) is 11.0. The Hall–Kier alpha value is -2.07. The zero-order valence-electron chi connectivity index (χ0n) is 9.73. The molecule has 0 fully saturated rings. The molecule has 4 heteroatoms. The van der Waals surface area contributed by atoms with Gasteiger partial charge in [0.1, 0.15) is 6.67 Å². The Morgan fingerprint density at radius 2 is 1.39 bits per heavy atom. The largest absolute Gasteiger partial charge is 0.740 e. The molecular weight excluding hydrogens is 242 g/mol. The lowest BCUT2D eigenvalue weighted by atomic mass is 10.3. The van der Waals surface area contributed by atoms with Crippen LogP contribution >= 0.6 is 0 Å². The molecule has 3 nitrogen and oxygen atoms in total. The second-order valence-corrected chi connectivity index (χ2v) is 4.39. The predicted molar refractivity (Wildman–Crippen MR) is 77.5 cm³/mol. The second-order valence-electron chi connectivity index (χ2n) is 4.02. The standard InChI is InChI=1S/C14H13N3S/c18-14-15-17(13-9-5-2-6-10-13)11-16(14)12-7-3-1-4-8-12/h1-10H,11H2,(H,15,18)/p-1. The summed E-state index contributed by atoms with van der Waals surface area (Å²) in [6.07, 6.45) is 0. The Morgan fingerprint density at radius 3 is 2.00 bits per heavy atom. The molecule has 0 saturated carbocycles. The second kappa shape index (κ2) is 4.66. The third-order valence-electron chi connectivity index (χ3n) is 2.83. The minimum atomic E-state index is 0.602. The van der Waals surface area contributed by atoms with Crippen molar-refractivity contribution >= 4 is 29.2 Å². The lowest BCUT2D eigenvalue weighted by molar-refractivity contribution is 0.912. The van der Waals surface area contributed by atoms with Crippen LogP contribution in [-0.2, 0) is 12.6 Å². The van der Waals surface area contributed by atoms with Crippen LogP contribution in [0.2, 0.25) is 0 Å². The summed E-state index contributed by atoms with van der Waals surface area (Å²) >= 11 is 5.32. The molecule has 1 aliphatic heterocycles. The highest BCUT2D eigenvalue weighted by molar-refractivity contribution is 7.77. The molecule has 0 aliphatic carbocycles. The number of para-hydroxylation sites is 2. The van der Waals surface area contributed by atoms with Crippen LogP contribution in [0.25, 0.3) is 0 Å². The van der Waals surface area contributed by atoms with E-state index in [1.807, 2.05) is 70.6 Å². The first-order valence-corrected chi connectivity index (χ1v) is 6.16. The molecule has 2 aromatic rings. The Labute approximate surface area is 112 Å². The van der Waals surface area contributed by atoms with Crippen LogP contribution in [0.5, 0.6) is 0 Å². The van der Waals surface area contributed by atoms with Crippen molar-refractivity contribution in [3.8, 4) is 0 Å². The Balaban J connectivity index is 1.86. The first-order valence-electron chi connectivity index (χ1n) is 5.75. The Morgan fingerprint density at radius 1 is 0.833 bits per heavy atom. The third-order valence-corrected chi connectivity index (χ3v) is 3.14. The van der Waals surface area contributed by atoms with Crippen LogP contribution in [0.15, 0.2) is 65.8 Å². The lowest BCUT2D eigenvalue weighted by Gasteiger charge is -2.24. The fraction of sp³-hybridized carbons (Fsp3) is 0.0714. The molecule has 1 heterocycles. The summed E-state index contributed by atoms with van der Waals surface area (Å²) in [7, 11) is 0. The SMILES string of the molecule is [S-]C1=NN(c2ccccc2)CN1c1ccccc1. The highest BCUT2D eigenvalue weighted by Gasteiger charge is 2.17. The van der Waals surface area contributed by atoms with Crippen LogP contribution in [0.4, 0.5) is 11.4 Å². The number of hydrogen-bond acceptors (Lipinski definition) is 4. The van der Waals surface area contributed by atoms with Crippen molar-refractivity contribution in [2.75, 3.05) is 16.6 Å². The van der Waals surface area contributed by atoms with E-state index >= 15 is 0 Å². The van der Waals surface area contributed by atoms with Gasteiger partial charge in [-0.3, -0.25) is 0 Å². The lowest BCUT2D eigenvalue weighted by Crippen LogP contribution is -2.29. The Kier molecular flexibility index (Phi) is 2.86. The van der Waals surface area contributed by atoms with Crippen molar-refractivity contribution in [1.29, 1.82) is 0 Å². The van der Waals surface area contributed by atoms with Gasteiger partial charge in [-0.2, -0.15) is 5.10 Å². The smallest absolute Gasteiger partial charge is 0.116 e. The highest BCUT2D eigenvalue weighted by Crippen LogP contribution is 2.23. The number of nitrogens with zero attached hydrogens (tertiary/aromatic N) is 3. The van der Waals surface area contributed by atoms with Gasteiger partial charge in [0.25, 0.3) is 0 Å². The molecule has 0 unspecified atom stereocenters. The van der Waals surface area contributed by atoms with E-state index < -0.39 is 0 Å². The number of rotatable bonds is 2. The summed E-state index contributed by atoms with van der Waals surface area (Å²) in [6.45, 7) is 0.660. The quantitative estimate of drug-likeness (QED) is 0.768. The maximum absolute atomic E-state index is 5.32. The number of anilines is 2. The first-order chi connectivity index (χ1) is 8.84. The molecule has 0 atom stereocenters. The van der Waals surface area contributed by atoms with Crippen molar-refractivity contribution in [1.82, 2.24) is 0 Å². The third kappa shape index (κ3) is 2.02. The van der Waals surface area contributed by atoms with Crippen LogP contribution in [0.3, 0.4) is 0 Å². The molecule has 0 bridgehead atoms. The summed E-state index contributed by atoms with van der Waals surface area (Å²) in [5.74, 6) is 0. The zero-order valence-corrected chi connectivity index (χ0v) is 10.5. The monoisotopic (exact) mass is 254 g/mol. The van der Waals surface area contributed by atoms with E-state index in [9.17, 15) is 0 Å². The maximum atomic E-state index is 5.32. The maximum Gasteiger partial charge on any atom is 0.116 e. The minimum absolute atomic E-state index is 0.602. The molecular formula is C14H12N3S-. The van der Waals surface area contributed by atoms with Gasteiger partial charge in [-0.15, -0.1) is 0 Å². The van der Waals surface area contributed by atoms with Gasteiger partial charge in [0.2, 0.25) is 0 Å². The van der Waals surface area contributed by atoms with Gasteiger partial charge >= 0.3 is 0 Å². The van der Waals surface area contributed by atoms with E-state index in [-0.39, 0.29) is 0 Å². The average molecular weight is 254 g/mol. The van der Waals surface area contributed by atoms with E-state index in [0.717, 1.165) is 11.4 Å². The predicted octanol–water partition coefficient (Wildman–Crippen LogP) is 2.79. The van der Waals surface area contributed by atoms with Crippen LogP contribution in [0, 0.1) is 0 Å². The summed E-state index contributed by atoms with van der Waals surface area (Å²) in [5, 5.41) is 6.92. The van der Waals surface area contributed by atoms with E-state index in [2.05, 4.69) is 5.10 Å². The molecule has 0 aromatic heterocycles. The molecule has 0 spiro atoms. The minimum Gasteiger partial charge on any atom is -0.740 e. The summed E-state index contributed by atoms with van der Waals surface area (Å²) < 4.78 is 0. The summed E-state index contributed by atoms with van der Waals surface area (Å²) in [6, 6.07) is 20.1. The topological polar surface area (TPSA) is 18.8 Å². The summed E-state index contributed by atoms with van der Waals surface area (Å²) in [4.78, 5) is 2.02. The van der Waals surface area contributed by atoms with Gasteiger partial charge in [0.15, 0.2) is 0 Å². The number of hydrazone groups is 1. The van der Waals surface area contributed by atoms with Gasteiger partial charge in [0, 0.05) is 10.9 Å². The molecule has 90 valence electrons. The van der Waals surface area contributed by atoms with Crippen molar-refractivity contribution < 1.29 is 0 Å².